The van der Waals surface area contributed by atoms with Crippen LogP contribution < -0.4 is 5.32 Å². The predicted octanol–water partition coefficient (Wildman–Crippen LogP) is 1.95. The minimum atomic E-state index is 0. The van der Waals surface area contributed by atoms with E-state index in [1.807, 2.05) is 0 Å². The third-order valence-electron chi connectivity index (χ3n) is 1.40. The van der Waals surface area contributed by atoms with Crippen LogP contribution >= 0.6 is 0 Å². The Morgan fingerprint density at radius 3 is 2.60 bits per heavy atom. The lowest BCUT2D eigenvalue weighted by atomic mass is 10.2. The first kappa shape index (κ1) is 9.47. The molecule has 0 aromatic heterocycles. The molecule has 0 aromatic rings. The number of hydrogen-bond acceptors (Lipinski definition) is 1. The Hall–Kier alpha value is -0.530. The molecule has 0 unspecified atom stereocenters. The molecular formula is C8H19NO. The number of carbonyl (C=O) groups excluding carboxylic acids is 1. The summed E-state index contributed by atoms with van der Waals surface area (Å²) in [5, 5.41) is 2.77. The highest BCUT2D eigenvalue weighted by Gasteiger charge is 1.89. The van der Waals surface area contributed by atoms with E-state index in [4.69, 9.17) is 0 Å². The SMILES string of the molecule is CCCCCCNC(C)=O.[HH]. The average molecular weight is 145 g/mol. The van der Waals surface area contributed by atoms with Crippen molar-refractivity contribution < 1.29 is 6.22 Å². The summed E-state index contributed by atoms with van der Waals surface area (Å²) in [5.74, 6) is 0.0801. The van der Waals surface area contributed by atoms with E-state index in [0.717, 1.165) is 13.0 Å². The molecule has 0 rings (SSSR count). The fourth-order valence-electron chi connectivity index (χ4n) is 0.816. The molecule has 0 radical (unpaired) electrons. The van der Waals surface area contributed by atoms with E-state index >= 15 is 0 Å². The van der Waals surface area contributed by atoms with Gasteiger partial charge in [0.15, 0.2) is 0 Å². The zero-order chi connectivity index (χ0) is 7.82. The second-order valence-corrected chi connectivity index (χ2v) is 2.54. The Morgan fingerprint density at radius 1 is 1.40 bits per heavy atom. The Bertz CT molecular complexity index is 96.1. The monoisotopic (exact) mass is 145 g/mol. The molecule has 0 aliphatic carbocycles. The largest absolute Gasteiger partial charge is 0.356 e. The van der Waals surface area contributed by atoms with E-state index in [1.165, 1.54) is 19.3 Å². The van der Waals surface area contributed by atoms with Crippen LogP contribution in [-0.4, -0.2) is 12.5 Å². The molecule has 0 aliphatic heterocycles. The first-order valence-electron chi connectivity index (χ1n) is 4.01. The van der Waals surface area contributed by atoms with Gasteiger partial charge in [-0.2, -0.15) is 0 Å². The Kier molecular flexibility index (Phi) is 6.24. The third-order valence-corrected chi connectivity index (χ3v) is 1.40. The van der Waals surface area contributed by atoms with Crippen LogP contribution in [0.25, 0.3) is 0 Å². The standard InChI is InChI=1S/C8H17NO.H2/c1-3-4-5-6-7-9-8(2)10;/h3-7H2,1-2H3,(H,9,10);1H. The van der Waals surface area contributed by atoms with Crippen LogP contribution in [-0.2, 0) is 4.79 Å². The van der Waals surface area contributed by atoms with Crippen molar-refractivity contribution in [1.82, 2.24) is 5.32 Å². The van der Waals surface area contributed by atoms with E-state index in [1.54, 1.807) is 6.92 Å². The molecule has 2 nitrogen and oxygen atoms in total. The summed E-state index contributed by atoms with van der Waals surface area (Å²) < 4.78 is 0. The Morgan fingerprint density at radius 2 is 2.10 bits per heavy atom. The lowest BCUT2D eigenvalue weighted by Crippen LogP contribution is -2.20. The fraction of sp³-hybridized carbons (Fsp3) is 0.875. The molecule has 0 heterocycles. The van der Waals surface area contributed by atoms with Crippen LogP contribution in [0.3, 0.4) is 0 Å². The number of amides is 1. The molecule has 0 atom stereocenters. The summed E-state index contributed by atoms with van der Waals surface area (Å²) in [5.41, 5.74) is 0. The molecule has 0 bridgehead atoms. The van der Waals surface area contributed by atoms with Gasteiger partial charge in [0.1, 0.15) is 0 Å². The summed E-state index contributed by atoms with van der Waals surface area (Å²) in [6.45, 7) is 4.58. The molecule has 0 fully saturated rings. The average Bonchev–Trinajstić information content (AvgIpc) is 1.87. The van der Waals surface area contributed by atoms with Crippen molar-refractivity contribution in [2.24, 2.45) is 0 Å². The maximum absolute atomic E-state index is 10.4. The number of hydrogen-bond donors (Lipinski definition) is 1. The summed E-state index contributed by atoms with van der Waals surface area (Å²) in [6.07, 6.45) is 4.88. The van der Waals surface area contributed by atoms with Crippen LogP contribution in [0.15, 0.2) is 0 Å². The van der Waals surface area contributed by atoms with E-state index in [9.17, 15) is 4.79 Å². The van der Waals surface area contributed by atoms with Gasteiger partial charge in [-0.25, -0.2) is 0 Å². The van der Waals surface area contributed by atoms with Gasteiger partial charge in [-0.3, -0.25) is 4.79 Å². The minimum absolute atomic E-state index is 0. The summed E-state index contributed by atoms with van der Waals surface area (Å²) >= 11 is 0. The maximum atomic E-state index is 10.4. The highest BCUT2D eigenvalue weighted by atomic mass is 16.1. The minimum Gasteiger partial charge on any atom is -0.356 e. The van der Waals surface area contributed by atoms with Gasteiger partial charge in [0.25, 0.3) is 0 Å². The zero-order valence-electron chi connectivity index (χ0n) is 6.94. The molecule has 62 valence electrons. The van der Waals surface area contributed by atoms with Gasteiger partial charge in [0, 0.05) is 14.9 Å². The molecule has 1 N–H and O–H groups in total. The quantitative estimate of drug-likeness (QED) is 0.589. The normalized spacial score (nSPS) is 9.40. The summed E-state index contributed by atoms with van der Waals surface area (Å²) in [4.78, 5) is 10.4. The van der Waals surface area contributed by atoms with Gasteiger partial charge in [-0.05, 0) is 6.42 Å². The predicted molar refractivity (Wildman–Crippen MR) is 44.9 cm³/mol. The Balaban J connectivity index is 0. The van der Waals surface area contributed by atoms with E-state index in [-0.39, 0.29) is 7.33 Å². The molecule has 1 amide bonds. The first-order chi connectivity index (χ1) is 4.77. The van der Waals surface area contributed by atoms with Crippen molar-refractivity contribution in [3.05, 3.63) is 0 Å². The zero-order valence-corrected chi connectivity index (χ0v) is 6.94. The number of carbonyl (C=O) groups is 1. The number of nitrogens with one attached hydrogen (secondary N) is 1. The summed E-state index contributed by atoms with van der Waals surface area (Å²) in [7, 11) is 0. The third kappa shape index (κ3) is 7.47. The van der Waals surface area contributed by atoms with Gasteiger partial charge >= 0.3 is 0 Å². The molecule has 0 aliphatic rings. The second-order valence-electron chi connectivity index (χ2n) is 2.54. The second kappa shape index (κ2) is 6.59. The van der Waals surface area contributed by atoms with Crippen LogP contribution in [0.2, 0.25) is 0 Å². The number of rotatable bonds is 5. The maximum Gasteiger partial charge on any atom is 0.216 e. The van der Waals surface area contributed by atoms with E-state index in [2.05, 4.69) is 12.2 Å². The van der Waals surface area contributed by atoms with E-state index in [0.29, 0.717) is 0 Å². The van der Waals surface area contributed by atoms with Crippen molar-refractivity contribution in [1.29, 1.82) is 0 Å². The molecule has 10 heavy (non-hydrogen) atoms. The molecule has 0 spiro atoms. The van der Waals surface area contributed by atoms with Crippen molar-refractivity contribution in [2.75, 3.05) is 6.54 Å². The van der Waals surface area contributed by atoms with Crippen LogP contribution in [0.5, 0.6) is 0 Å². The van der Waals surface area contributed by atoms with Crippen molar-refractivity contribution in [3.63, 3.8) is 0 Å². The molecule has 2 heteroatoms. The lowest BCUT2D eigenvalue weighted by Gasteiger charge is -1.99. The lowest BCUT2D eigenvalue weighted by molar-refractivity contribution is -0.118. The van der Waals surface area contributed by atoms with Crippen molar-refractivity contribution in [3.8, 4) is 0 Å². The van der Waals surface area contributed by atoms with Crippen molar-refractivity contribution >= 4 is 5.91 Å². The molecule has 0 aromatic carbocycles. The van der Waals surface area contributed by atoms with Gasteiger partial charge in [-0.1, -0.05) is 26.2 Å². The van der Waals surface area contributed by atoms with Gasteiger partial charge in [0.2, 0.25) is 5.91 Å². The highest BCUT2D eigenvalue weighted by molar-refractivity contribution is 5.72. The molecular weight excluding hydrogens is 126 g/mol. The van der Waals surface area contributed by atoms with Crippen LogP contribution in [0.1, 0.15) is 41.0 Å². The summed E-state index contributed by atoms with van der Waals surface area (Å²) in [6, 6.07) is 0. The van der Waals surface area contributed by atoms with Gasteiger partial charge < -0.3 is 5.32 Å². The van der Waals surface area contributed by atoms with Crippen LogP contribution in [0, 0.1) is 0 Å². The van der Waals surface area contributed by atoms with E-state index < -0.39 is 0 Å². The topological polar surface area (TPSA) is 29.1 Å². The number of unbranched alkanes of at least 4 members (excludes halogenated alkanes) is 3. The smallest absolute Gasteiger partial charge is 0.216 e. The molecule has 0 saturated carbocycles. The van der Waals surface area contributed by atoms with Gasteiger partial charge in [-0.15, -0.1) is 0 Å². The highest BCUT2D eigenvalue weighted by Crippen LogP contribution is 1.96. The van der Waals surface area contributed by atoms with Crippen molar-refractivity contribution in [2.45, 2.75) is 39.5 Å². The van der Waals surface area contributed by atoms with Gasteiger partial charge in [0.05, 0.1) is 0 Å². The Labute approximate surface area is 64.5 Å². The molecule has 0 saturated heterocycles. The van der Waals surface area contributed by atoms with Crippen LogP contribution in [0.4, 0.5) is 0 Å². The first-order valence-corrected chi connectivity index (χ1v) is 4.01. The fourth-order valence-corrected chi connectivity index (χ4v) is 0.816.